The number of esters is 2. The predicted molar refractivity (Wildman–Crippen MR) is 242 cm³/mol. The SMILES string of the molecule is CC/C=C\C/C=C\C/C=C\C/C=C\C/C=C\C/C=C\CCC(=O)OC(CO)COP(=O)(O)OCC(CO)OC(=O)CCCCCCCCC/C=C\CCCCCCCC. The lowest BCUT2D eigenvalue weighted by molar-refractivity contribution is -0.153. The summed E-state index contributed by atoms with van der Waals surface area (Å²) in [7, 11) is -4.66. The van der Waals surface area contributed by atoms with Crippen molar-refractivity contribution >= 4 is 19.8 Å². The molecule has 0 heterocycles. The highest BCUT2D eigenvalue weighted by Gasteiger charge is 2.27. The van der Waals surface area contributed by atoms with Gasteiger partial charge in [-0.1, -0.05) is 163 Å². The van der Waals surface area contributed by atoms with Crippen molar-refractivity contribution in [3.63, 3.8) is 0 Å². The quantitative estimate of drug-likeness (QED) is 0.0235. The zero-order valence-electron chi connectivity index (χ0n) is 36.7. The van der Waals surface area contributed by atoms with Crippen molar-refractivity contribution in [2.24, 2.45) is 0 Å². The molecule has 0 radical (unpaired) electrons. The Bertz CT molecular complexity index is 1250. The fourth-order valence-electron chi connectivity index (χ4n) is 5.66. The third kappa shape index (κ3) is 41.7. The molecule has 0 aromatic carbocycles. The Morgan fingerprint density at radius 1 is 0.475 bits per heavy atom. The molecule has 0 spiro atoms. The summed E-state index contributed by atoms with van der Waals surface area (Å²) in [5.41, 5.74) is 0. The van der Waals surface area contributed by atoms with Crippen LogP contribution in [0, 0.1) is 0 Å². The smallest absolute Gasteiger partial charge is 0.457 e. The Morgan fingerprint density at radius 3 is 1.25 bits per heavy atom. The summed E-state index contributed by atoms with van der Waals surface area (Å²) in [6.07, 6.45) is 51.4. The zero-order chi connectivity index (χ0) is 43.3. The molecule has 3 unspecified atom stereocenters. The van der Waals surface area contributed by atoms with Crippen LogP contribution < -0.4 is 0 Å². The van der Waals surface area contributed by atoms with E-state index in [1.54, 1.807) is 0 Å². The van der Waals surface area contributed by atoms with Crippen LogP contribution >= 0.6 is 7.82 Å². The predicted octanol–water partition coefficient (Wildman–Crippen LogP) is 12.2. The van der Waals surface area contributed by atoms with Crippen molar-refractivity contribution in [2.75, 3.05) is 26.4 Å². The third-order valence-electron chi connectivity index (χ3n) is 9.11. The van der Waals surface area contributed by atoms with Crippen LogP contribution in [0.3, 0.4) is 0 Å². The van der Waals surface area contributed by atoms with Crippen LogP contribution in [0.1, 0.15) is 168 Å². The summed E-state index contributed by atoms with van der Waals surface area (Å²) < 4.78 is 32.5. The van der Waals surface area contributed by atoms with Crippen LogP contribution in [0.5, 0.6) is 0 Å². The molecule has 0 aromatic rings. The number of phosphoric acid groups is 1. The third-order valence-corrected chi connectivity index (χ3v) is 10.1. The maximum Gasteiger partial charge on any atom is 0.472 e. The summed E-state index contributed by atoms with van der Waals surface area (Å²) in [6.45, 7) is 1.99. The van der Waals surface area contributed by atoms with Gasteiger partial charge in [-0.2, -0.15) is 0 Å². The molecule has 0 rings (SSSR count). The Hall–Kier alpha value is -2.85. The Morgan fingerprint density at radius 2 is 0.831 bits per heavy atom. The lowest BCUT2D eigenvalue weighted by atomic mass is 10.1. The van der Waals surface area contributed by atoms with E-state index >= 15 is 0 Å². The van der Waals surface area contributed by atoms with Gasteiger partial charge in [0.1, 0.15) is 12.2 Å². The van der Waals surface area contributed by atoms with E-state index in [1.807, 2.05) is 12.2 Å². The van der Waals surface area contributed by atoms with Crippen LogP contribution in [-0.2, 0) is 32.7 Å². The van der Waals surface area contributed by atoms with Gasteiger partial charge in [-0.25, -0.2) is 4.57 Å². The van der Waals surface area contributed by atoms with Crippen molar-refractivity contribution in [3.05, 3.63) is 85.1 Å². The minimum atomic E-state index is -4.66. The first-order valence-corrected chi connectivity index (χ1v) is 24.0. The van der Waals surface area contributed by atoms with E-state index in [2.05, 4.69) is 86.8 Å². The number of unbranched alkanes of at least 4 members (excludes halogenated alkanes) is 13. The normalized spacial score (nSPS) is 14.6. The van der Waals surface area contributed by atoms with Crippen molar-refractivity contribution in [1.82, 2.24) is 0 Å². The lowest BCUT2D eigenvalue weighted by Crippen LogP contribution is -2.28. The molecule has 0 aliphatic carbocycles. The van der Waals surface area contributed by atoms with Gasteiger partial charge >= 0.3 is 19.8 Å². The van der Waals surface area contributed by atoms with Gasteiger partial charge in [-0.15, -0.1) is 0 Å². The molecule has 0 bridgehead atoms. The van der Waals surface area contributed by atoms with Crippen molar-refractivity contribution < 1.29 is 47.8 Å². The number of hydrogen-bond donors (Lipinski definition) is 3. The van der Waals surface area contributed by atoms with Crippen LogP contribution in [0.15, 0.2) is 85.1 Å². The second kappa shape index (κ2) is 43.2. The summed E-state index contributed by atoms with van der Waals surface area (Å²) in [6, 6.07) is 0. The van der Waals surface area contributed by atoms with Gasteiger partial charge in [0, 0.05) is 12.8 Å². The van der Waals surface area contributed by atoms with Crippen molar-refractivity contribution in [1.29, 1.82) is 0 Å². The van der Waals surface area contributed by atoms with Crippen molar-refractivity contribution in [3.8, 4) is 0 Å². The van der Waals surface area contributed by atoms with Crippen LogP contribution in [-0.4, -0.2) is 65.7 Å². The number of carbonyl (C=O) groups excluding carboxylic acids is 2. The van der Waals surface area contributed by atoms with Crippen LogP contribution in [0.25, 0.3) is 0 Å². The maximum absolute atomic E-state index is 12.4. The van der Waals surface area contributed by atoms with Crippen LogP contribution in [0.4, 0.5) is 0 Å². The standard InChI is InChI=1S/C48H81O10P/c1-3-5-7-9-11-13-15-17-19-21-22-24-26-28-30-32-34-36-38-40-48(52)58-46(42-50)44-56-59(53,54)55-43-45(41-49)57-47(51)39-37-35-33-31-29-27-25-23-20-18-16-14-12-10-8-6-4-2/h5,7,11,13,17-20,22,24,28,30,34,36,45-46,49-50H,3-4,6,8-10,12,14-16,21,23,25-27,29,31-33,35,37-44H2,1-2H3,(H,53,54)/b7-5-,13-11-,19-17-,20-18-,24-22-,30-28-,36-34-. The molecule has 11 heteroatoms. The minimum Gasteiger partial charge on any atom is -0.457 e. The van der Waals surface area contributed by atoms with E-state index in [0.717, 1.165) is 64.2 Å². The Labute approximate surface area is 358 Å². The number of aliphatic hydroxyl groups excluding tert-OH is 2. The second-order valence-corrected chi connectivity index (χ2v) is 16.1. The van der Waals surface area contributed by atoms with Gasteiger partial charge in [-0.05, 0) is 77.0 Å². The largest absolute Gasteiger partial charge is 0.472 e. The van der Waals surface area contributed by atoms with E-state index in [-0.39, 0.29) is 12.8 Å². The summed E-state index contributed by atoms with van der Waals surface area (Å²) in [5.74, 6) is -1.12. The summed E-state index contributed by atoms with van der Waals surface area (Å²) >= 11 is 0. The highest BCUT2D eigenvalue weighted by molar-refractivity contribution is 7.47. The molecule has 0 aliphatic heterocycles. The monoisotopic (exact) mass is 849 g/mol. The van der Waals surface area contributed by atoms with Crippen LogP contribution in [0.2, 0.25) is 0 Å². The number of phosphoric ester groups is 1. The molecular formula is C48H81O10P. The minimum absolute atomic E-state index is 0.0625. The van der Waals surface area contributed by atoms with Gasteiger partial charge in [0.2, 0.25) is 0 Å². The molecule has 338 valence electrons. The fraction of sp³-hybridized carbons (Fsp3) is 0.667. The molecule has 0 fully saturated rings. The van der Waals surface area contributed by atoms with E-state index < -0.39 is 58.4 Å². The van der Waals surface area contributed by atoms with Gasteiger partial charge in [0.05, 0.1) is 26.4 Å². The zero-order valence-corrected chi connectivity index (χ0v) is 37.6. The first-order valence-electron chi connectivity index (χ1n) is 22.5. The molecule has 0 saturated heterocycles. The van der Waals surface area contributed by atoms with E-state index in [1.165, 1.54) is 64.2 Å². The Kier molecular flexibility index (Phi) is 41.2. The molecular weight excluding hydrogens is 767 g/mol. The average molecular weight is 849 g/mol. The molecule has 0 aliphatic rings. The van der Waals surface area contributed by atoms with Crippen molar-refractivity contribution in [2.45, 2.75) is 180 Å². The fourth-order valence-corrected chi connectivity index (χ4v) is 6.45. The molecule has 0 saturated carbocycles. The van der Waals surface area contributed by atoms with Gasteiger partial charge in [0.25, 0.3) is 0 Å². The van der Waals surface area contributed by atoms with E-state index in [0.29, 0.717) is 12.8 Å². The molecule has 10 nitrogen and oxygen atoms in total. The maximum atomic E-state index is 12.4. The number of allylic oxidation sites excluding steroid dienone is 14. The van der Waals surface area contributed by atoms with E-state index in [4.69, 9.17) is 18.5 Å². The summed E-state index contributed by atoms with van der Waals surface area (Å²) in [4.78, 5) is 34.5. The van der Waals surface area contributed by atoms with Gasteiger partial charge in [-0.3, -0.25) is 18.6 Å². The highest BCUT2D eigenvalue weighted by atomic mass is 31.2. The average Bonchev–Trinajstić information content (AvgIpc) is 3.22. The lowest BCUT2D eigenvalue weighted by Gasteiger charge is -2.20. The number of hydrogen-bond acceptors (Lipinski definition) is 9. The first-order chi connectivity index (χ1) is 28.8. The number of aliphatic hydroxyl groups is 2. The van der Waals surface area contributed by atoms with Gasteiger partial charge in [0.15, 0.2) is 0 Å². The first kappa shape index (κ1) is 56.1. The molecule has 3 N–H and O–H groups in total. The molecule has 59 heavy (non-hydrogen) atoms. The molecule has 3 atom stereocenters. The highest BCUT2D eigenvalue weighted by Crippen LogP contribution is 2.43. The topological polar surface area (TPSA) is 149 Å². The Balaban J connectivity index is 4.03. The number of ether oxygens (including phenoxy) is 2. The second-order valence-electron chi connectivity index (χ2n) is 14.6. The number of rotatable bonds is 41. The molecule has 0 amide bonds. The number of carbonyl (C=O) groups is 2. The molecule has 0 aromatic heterocycles. The summed E-state index contributed by atoms with van der Waals surface area (Å²) in [5, 5.41) is 19.2. The van der Waals surface area contributed by atoms with Gasteiger partial charge < -0.3 is 24.6 Å². The van der Waals surface area contributed by atoms with E-state index in [9.17, 15) is 29.3 Å².